The number of nitrogens with zero attached hydrogens (tertiary/aromatic N) is 3. The normalized spacial score (nSPS) is 30.5. The Morgan fingerprint density at radius 3 is 2.83 bits per heavy atom. The topological polar surface area (TPSA) is 88.5 Å². The summed E-state index contributed by atoms with van der Waals surface area (Å²) < 4.78 is 8.17. The highest BCUT2D eigenvalue weighted by Gasteiger charge is 2.62. The van der Waals surface area contributed by atoms with Crippen molar-refractivity contribution in [3.63, 3.8) is 0 Å². The number of likely N-dealkylation sites (tertiary alicyclic amines) is 1. The van der Waals surface area contributed by atoms with Gasteiger partial charge in [-0.2, -0.15) is 5.10 Å². The quantitative estimate of drug-likeness (QED) is 0.697. The molecule has 1 aromatic rings. The molecular formula is C22H35N5O3. The van der Waals surface area contributed by atoms with Crippen LogP contribution in [-0.4, -0.2) is 69.9 Å². The molecule has 8 heteroatoms. The highest BCUT2D eigenvalue weighted by Crippen LogP contribution is 2.54. The summed E-state index contributed by atoms with van der Waals surface area (Å²) in [4.78, 5) is 27.4. The van der Waals surface area contributed by atoms with Crippen LogP contribution in [0.4, 0.5) is 0 Å². The fourth-order valence-electron chi connectivity index (χ4n) is 5.42. The van der Waals surface area contributed by atoms with Gasteiger partial charge in [-0.25, -0.2) is 0 Å². The van der Waals surface area contributed by atoms with E-state index in [2.05, 4.69) is 41.4 Å². The van der Waals surface area contributed by atoms with Crippen molar-refractivity contribution < 1.29 is 14.3 Å². The van der Waals surface area contributed by atoms with Crippen molar-refractivity contribution in [1.82, 2.24) is 25.3 Å². The minimum Gasteiger partial charge on any atom is -0.370 e. The van der Waals surface area contributed by atoms with Gasteiger partial charge in [0.25, 0.3) is 5.91 Å². The van der Waals surface area contributed by atoms with Crippen LogP contribution in [0.15, 0.2) is 6.20 Å². The van der Waals surface area contributed by atoms with E-state index in [0.717, 1.165) is 38.0 Å². The predicted octanol–water partition coefficient (Wildman–Crippen LogP) is 1.24. The van der Waals surface area contributed by atoms with E-state index >= 15 is 0 Å². The van der Waals surface area contributed by atoms with Crippen molar-refractivity contribution in [1.29, 1.82) is 0 Å². The number of hydrogen-bond donors (Lipinski definition) is 2. The molecule has 3 aliphatic heterocycles. The van der Waals surface area contributed by atoms with Crippen molar-refractivity contribution in [2.75, 3.05) is 26.2 Å². The molecule has 3 fully saturated rings. The van der Waals surface area contributed by atoms with E-state index in [9.17, 15) is 9.59 Å². The van der Waals surface area contributed by atoms with Crippen LogP contribution in [0.3, 0.4) is 0 Å². The molecule has 4 atom stereocenters. The zero-order chi connectivity index (χ0) is 21.7. The number of amides is 2. The Hall–Kier alpha value is -1.93. The van der Waals surface area contributed by atoms with Gasteiger partial charge in [0.1, 0.15) is 0 Å². The Balaban J connectivity index is 1.36. The van der Waals surface area contributed by atoms with Crippen molar-refractivity contribution in [3.05, 3.63) is 17.5 Å². The predicted molar refractivity (Wildman–Crippen MR) is 113 cm³/mol. The lowest BCUT2D eigenvalue weighted by atomic mass is 9.73. The largest absolute Gasteiger partial charge is 0.370 e. The van der Waals surface area contributed by atoms with Gasteiger partial charge in [-0.05, 0) is 40.0 Å². The Morgan fingerprint density at radius 2 is 2.17 bits per heavy atom. The van der Waals surface area contributed by atoms with E-state index in [1.165, 1.54) is 0 Å². The summed E-state index contributed by atoms with van der Waals surface area (Å²) in [5, 5.41) is 10.4. The summed E-state index contributed by atoms with van der Waals surface area (Å²) in [5.74, 6) is 0.650. The molecule has 30 heavy (non-hydrogen) atoms. The molecule has 0 unspecified atom stereocenters. The Morgan fingerprint density at radius 1 is 1.40 bits per heavy atom. The fraction of sp³-hybridized carbons (Fsp3) is 0.773. The number of aryl methyl sites for hydroxylation is 1. The van der Waals surface area contributed by atoms with Gasteiger partial charge in [0.2, 0.25) is 5.91 Å². The first-order chi connectivity index (χ1) is 14.1. The second kappa shape index (κ2) is 7.64. The number of carbonyl (C=O) groups is 2. The van der Waals surface area contributed by atoms with Gasteiger partial charge in [0.15, 0.2) is 0 Å². The van der Waals surface area contributed by atoms with Crippen LogP contribution in [0.2, 0.25) is 0 Å². The van der Waals surface area contributed by atoms with Crippen LogP contribution in [0.5, 0.6) is 0 Å². The number of carbonyl (C=O) groups excluding carboxylic acids is 2. The van der Waals surface area contributed by atoms with Gasteiger partial charge in [-0.15, -0.1) is 0 Å². The lowest BCUT2D eigenvalue weighted by Crippen LogP contribution is -2.47. The van der Waals surface area contributed by atoms with E-state index in [1.54, 1.807) is 10.9 Å². The molecule has 166 valence electrons. The molecule has 1 spiro atoms. The van der Waals surface area contributed by atoms with E-state index in [0.29, 0.717) is 30.5 Å². The monoisotopic (exact) mass is 417 g/mol. The first kappa shape index (κ1) is 21.3. The second-order valence-corrected chi connectivity index (χ2v) is 9.96. The molecule has 2 bridgehead atoms. The first-order valence-electron chi connectivity index (χ1n) is 11.1. The lowest BCUT2D eigenvalue weighted by molar-refractivity contribution is -0.123. The minimum atomic E-state index is -0.183. The number of fused-ring (bicyclic) bond motifs is 1. The summed E-state index contributed by atoms with van der Waals surface area (Å²) in [5.41, 5.74) is 1.16. The van der Waals surface area contributed by atoms with E-state index in [1.807, 2.05) is 14.0 Å². The van der Waals surface area contributed by atoms with Crippen molar-refractivity contribution >= 4 is 11.8 Å². The molecule has 2 amide bonds. The van der Waals surface area contributed by atoms with Crippen molar-refractivity contribution in [3.8, 4) is 0 Å². The number of ether oxygens (including phenoxy) is 1. The summed E-state index contributed by atoms with van der Waals surface area (Å²) in [6, 6.07) is 0. The molecule has 8 nitrogen and oxygen atoms in total. The Labute approximate surface area is 178 Å². The molecule has 3 saturated heterocycles. The fourth-order valence-corrected chi connectivity index (χ4v) is 5.42. The molecule has 0 radical (unpaired) electrons. The van der Waals surface area contributed by atoms with E-state index < -0.39 is 0 Å². The minimum absolute atomic E-state index is 0.0738. The van der Waals surface area contributed by atoms with Gasteiger partial charge < -0.3 is 15.4 Å². The average Bonchev–Trinajstić information content (AvgIpc) is 3.40. The third-order valence-corrected chi connectivity index (χ3v) is 7.56. The number of nitrogens with one attached hydrogen (secondary N) is 2. The molecule has 0 aliphatic carbocycles. The number of aromatic nitrogens is 2. The Kier molecular flexibility index (Phi) is 5.43. The van der Waals surface area contributed by atoms with Crippen LogP contribution in [-0.2, 0) is 16.6 Å². The highest BCUT2D eigenvalue weighted by molar-refractivity contribution is 5.95. The summed E-state index contributed by atoms with van der Waals surface area (Å²) >= 11 is 0. The van der Waals surface area contributed by atoms with Crippen LogP contribution >= 0.6 is 0 Å². The van der Waals surface area contributed by atoms with Gasteiger partial charge in [-0.1, -0.05) is 6.92 Å². The third kappa shape index (κ3) is 3.75. The molecule has 0 saturated carbocycles. The van der Waals surface area contributed by atoms with E-state index in [4.69, 9.17) is 4.74 Å². The zero-order valence-corrected chi connectivity index (χ0v) is 18.8. The molecule has 4 heterocycles. The Bertz CT molecular complexity index is 835. The first-order valence-corrected chi connectivity index (χ1v) is 11.1. The molecule has 3 aliphatic rings. The molecular weight excluding hydrogens is 382 g/mol. The SMILES string of the molecule is CCC(C)(C)NC(=O)CN1C[C@@H]2[C@H](CNC(=O)c3cnn(C)c3C)[C@H]3CC[C@]2(C1)O3. The number of rotatable bonds is 7. The molecule has 1 aromatic heterocycles. The highest BCUT2D eigenvalue weighted by atomic mass is 16.5. The molecule has 4 rings (SSSR count). The van der Waals surface area contributed by atoms with Crippen molar-refractivity contribution in [2.24, 2.45) is 18.9 Å². The van der Waals surface area contributed by atoms with Crippen LogP contribution < -0.4 is 10.6 Å². The second-order valence-electron chi connectivity index (χ2n) is 9.96. The standard InChI is InChI=1S/C22H35N5O3/c1-6-21(3,4)25-19(28)12-27-11-17-16(18-7-8-22(17,13-27)30-18)9-23-20(29)15-10-24-26(5)14(15)2/h10,16-18H,6-9,11-13H2,1-5H3,(H,23,29)(H,25,28)/t16-,17+,18+,22+/m0/s1. The van der Waals surface area contributed by atoms with Gasteiger partial charge >= 0.3 is 0 Å². The van der Waals surface area contributed by atoms with Crippen LogP contribution in [0, 0.1) is 18.8 Å². The van der Waals surface area contributed by atoms with Crippen LogP contribution in [0.25, 0.3) is 0 Å². The molecule has 2 N–H and O–H groups in total. The van der Waals surface area contributed by atoms with Crippen LogP contribution in [0.1, 0.15) is 56.1 Å². The average molecular weight is 418 g/mol. The maximum Gasteiger partial charge on any atom is 0.254 e. The van der Waals surface area contributed by atoms with Gasteiger partial charge in [0, 0.05) is 49.8 Å². The maximum atomic E-state index is 12.6. The maximum absolute atomic E-state index is 12.6. The van der Waals surface area contributed by atoms with Gasteiger partial charge in [-0.3, -0.25) is 19.2 Å². The van der Waals surface area contributed by atoms with E-state index in [-0.39, 0.29) is 29.1 Å². The summed E-state index contributed by atoms with van der Waals surface area (Å²) in [6.45, 7) is 10.8. The third-order valence-electron chi connectivity index (χ3n) is 7.56. The summed E-state index contributed by atoms with van der Waals surface area (Å²) in [6.07, 6.45) is 4.81. The number of hydrogen-bond acceptors (Lipinski definition) is 5. The zero-order valence-electron chi connectivity index (χ0n) is 18.8. The van der Waals surface area contributed by atoms with Crippen molar-refractivity contribution in [2.45, 2.75) is 64.2 Å². The lowest BCUT2D eigenvalue weighted by Gasteiger charge is -2.29. The molecule has 0 aromatic carbocycles. The van der Waals surface area contributed by atoms with Gasteiger partial charge in [0.05, 0.1) is 30.0 Å². The smallest absolute Gasteiger partial charge is 0.254 e. The summed E-state index contributed by atoms with van der Waals surface area (Å²) in [7, 11) is 1.84.